The molecular weight excluding hydrogens is 224 g/mol. The van der Waals surface area contributed by atoms with Gasteiger partial charge in [0.1, 0.15) is 0 Å². The second-order valence-electron chi connectivity index (χ2n) is 4.45. The van der Waals surface area contributed by atoms with Gasteiger partial charge < -0.3 is 10.6 Å². The Morgan fingerprint density at radius 3 is 2.94 bits per heavy atom. The molecule has 1 heterocycles. The Labute approximate surface area is 105 Å². The van der Waals surface area contributed by atoms with E-state index < -0.39 is 0 Å². The molecule has 0 aromatic heterocycles. The van der Waals surface area contributed by atoms with Crippen LogP contribution in [0.15, 0.2) is 0 Å². The monoisotopic (exact) mass is 248 g/mol. The Morgan fingerprint density at radius 2 is 2.31 bits per heavy atom. The van der Waals surface area contributed by atoms with E-state index in [-0.39, 0.29) is 18.3 Å². The average molecular weight is 249 g/mol. The van der Waals surface area contributed by atoms with Crippen LogP contribution in [-0.2, 0) is 4.79 Å². The smallest absolute Gasteiger partial charge is 0.219 e. The van der Waals surface area contributed by atoms with E-state index in [1.165, 1.54) is 19.4 Å². The quantitative estimate of drug-likeness (QED) is 0.756. The van der Waals surface area contributed by atoms with E-state index in [2.05, 4.69) is 17.6 Å². The molecule has 0 spiro atoms. The molecule has 0 aromatic carbocycles. The van der Waals surface area contributed by atoms with E-state index in [4.69, 9.17) is 0 Å². The van der Waals surface area contributed by atoms with Gasteiger partial charge in [0.25, 0.3) is 0 Å². The SMILES string of the molecule is CCCCC(=O)NCCC1CCCNC1.Cl. The van der Waals surface area contributed by atoms with Crippen molar-refractivity contribution in [1.29, 1.82) is 0 Å². The summed E-state index contributed by atoms with van der Waals surface area (Å²) in [6.45, 7) is 5.26. The van der Waals surface area contributed by atoms with Crippen LogP contribution >= 0.6 is 12.4 Å². The summed E-state index contributed by atoms with van der Waals surface area (Å²) < 4.78 is 0. The van der Waals surface area contributed by atoms with Crippen LogP contribution in [0.2, 0.25) is 0 Å². The first kappa shape index (κ1) is 15.7. The zero-order chi connectivity index (χ0) is 10.9. The Hall–Kier alpha value is -0.280. The van der Waals surface area contributed by atoms with Crippen LogP contribution in [0.1, 0.15) is 45.4 Å². The van der Waals surface area contributed by atoms with Gasteiger partial charge >= 0.3 is 0 Å². The molecule has 1 fully saturated rings. The first-order valence-electron chi connectivity index (χ1n) is 6.30. The van der Waals surface area contributed by atoms with Gasteiger partial charge in [0.2, 0.25) is 5.91 Å². The lowest BCUT2D eigenvalue weighted by Gasteiger charge is -2.22. The number of hydrogen-bond donors (Lipinski definition) is 2. The molecule has 0 aromatic rings. The summed E-state index contributed by atoms with van der Waals surface area (Å²) in [5, 5.41) is 6.39. The van der Waals surface area contributed by atoms with E-state index in [9.17, 15) is 4.79 Å². The maximum Gasteiger partial charge on any atom is 0.219 e. The molecule has 0 bridgehead atoms. The number of halogens is 1. The molecule has 16 heavy (non-hydrogen) atoms. The summed E-state index contributed by atoms with van der Waals surface area (Å²) in [4.78, 5) is 11.3. The number of rotatable bonds is 6. The average Bonchev–Trinajstić information content (AvgIpc) is 2.28. The third-order valence-electron chi connectivity index (χ3n) is 3.03. The third-order valence-corrected chi connectivity index (χ3v) is 3.03. The molecule has 1 saturated heterocycles. The zero-order valence-electron chi connectivity index (χ0n) is 10.3. The number of hydrogen-bond acceptors (Lipinski definition) is 2. The van der Waals surface area contributed by atoms with Crippen molar-refractivity contribution >= 4 is 18.3 Å². The number of unbranched alkanes of at least 4 members (excludes halogenated alkanes) is 1. The van der Waals surface area contributed by atoms with Gasteiger partial charge in [-0.25, -0.2) is 0 Å². The summed E-state index contributed by atoms with van der Waals surface area (Å²) in [6, 6.07) is 0. The van der Waals surface area contributed by atoms with E-state index >= 15 is 0 Å². The van der Waals surface area contributed by atoms with Crippen LogP contribution in [0.3, 0.4) is 0 Å². The standard InChI is InChI=1S/C12H24N2O.ClH/c1-2-3-6-12(15)14-9-7-11-5-4-8-13-10-11;/h11,13H,2-10H2,1H3,(H,14,15);1H. The second kappa shape index (κ2) is 9.91. The molecule has 0 aliphatic carbocycles. The molecule has 0 radical (unpaired) electrons. The molecular formula is C12H25ClN2O. The van der Waals surface area contributed by atoms with E-state index in [0.29, 0.717) is 6.42 Å². The Morgan fingerprint density at radius 1 is 1.50 bits per heavy atom. The lowest BCUT2D eigenvalue weighted by molar-refractivity contribution is -0.121. The predicted molar refractivity (Wildman–Crippen MR) is 70.0 cm³/mol. The summed E-state index contributed by atoms with van der Waals surface area (Å²) in [6.07, 6.45) is 6.54. The number of carbonyl (C=O) groups excluding carboxylic acids is 1. The Bertz CT molecular complexity index is 182. The van der Waals surface area contributed by atoms with E-state index in [1.54, 1.807) is 0 Å². The minimum atomic E-state index is 0. The van der Waals surface area contributed by atoms with Crippen LogP contribution in [0.4, 0.5) is 0 Å². The lowest BCUT2D eigenvalue weighted by atomic mass is 9.96. The fourth-order valence-electron chi connectivity index (χ4n) is 2.01. The van der Waals surface area contributed by atoms with E-state index in [0.717, 1.165) is 38.3 Å². The van der Waals surface area contributed by atoms with Crippen LogP contribution in [0, 0.1) is 5.92 Å². The number of piperidine rings is 1. The van der Waals surface area contributed by atoms with Crippen molar-refractivity contribution in [3.63, 3.8) is 0 Å². The van der Waals surface area contributed by atoms with Gasteiger partial charge in [-0.3, -0.25) is 4.79 Å². The van der Waals surface area contributed by atoms with Gasteiger partial charge in [-0.2, -0.15) is 0 Å². The maximum absolute atomic E-state index is 11.3. The highest BCUT2D eigenvalue weighted by molar-refractivity contribution is 5.85. The summed E-state index contributed by atoms with van der Waals surface area (Å²) in [5.41, 5.74) is 0. The van der Waals surface area contributed by atoms with Crippen molar-refractivity contribution in [3.05, 3.63) is 0 Å². The highest BCUT2D eigenvalue weighted by Crippen LogP contribution is 2.12. The predicted octanol–water partition coefficient (Wildman–Crippen LogP) is 2.10. The van der Waals surface area contributed by atoms with Crippen molar-refractivity contribution in [3.8, 4) is 0 Å². The molecule has 4 heteroatoms. The summed E-state index contributed by atoms with van der Waals surface area (Å²) >= 11 is 0. The molecule has 1 amide bonds. The highest BCUT2D eigenvalue weighted by atomic mass is 35.5. The molecule has 3 nitrogen and oxygen atoms in total. The molecule has 1 aliphatic rings. The van der Waals surface area contributed by atoms with Crippen LogP contribution in [-0.4, -0.2) is 25.5 Å². The van der Waals surface area contributed by atoms with Crippen molar-refractivity contribution in [2.45, 2.75) is 45.4 Å². The molecule has 1 unspecified atom stereocenters. The second-order valence-corrected chi connectivity index (χ2v) is 4.45. The van der Waals surface area contributed by atoms with Gasteiger partial charge in [-0.05, 0) is 44.7 Å². The lowest BCUT2D eigenvalue weighted by Crippen LogP contribution is -2.33. The van der Waals surface area contributed by atoms with Gasteiger partial charge in [-0.1, -0.05) is 13.3 Å². The van der Waals surface area contributed by atoms with Gasteiger partial charge in [0.15, 0.2) is 0 Å². The number of amides is 1. The number of nitrogens with one attached hydrogen (secondary N) is 2. The maximum atomic E-state index is 11.3. The van der Waals surface area contributed by atoms with Crippen molar-refractivity contribution in [2.75, 3.05) is 19.6 Å². The van der Waals surface area contributed by atoms with Crippen molar-refractivity contribution < 1.29 is 4.79 Å². The van der Waals surface area contributed by atoms with Crippen molar-refractivity contribution in [2.24, 2.45) is 5.92 Å². The number of carbonyl (C=O) groups is 1. The highest BCUT2D eigenvalue weighted by Gasteiger charge is 2.12. The Kier molecular flexibility index (Phi) is 9.74. The largest absolute Gasteiger partial charge is 0.356 e. The van der Waals surface area contributed by atoms with Crippen LogP contribution in [0.25, 0.3) is 0 Å². The molecule has 0 saturated carbocycles. The normalized spacial score (nSPS) is 19.9. The van der Waals surface area contributed by atoms with Crippen molar-refractivity contribution in [1.82, 2.24) is 10.6 Å². The fourth-order valence-corrected chi connectivity index (χ4v) is 2.01. The van der Waals surface area contributed by atoms with E-state index in [1.807, 2.05) is 0 Å². The molecule has 2 N–H and O–H groups in total. The van der Waals surface area contributed by atoms with Crippen LogP contribution in [0.5, 0.6) is 0 Å². The van der Waals surface area contributed by atoms with Gasteiger partial charge in [0, 0.05) is 13.0 Å². The van der Waals surface area contributed by atoms with Gasteiger partial charge in [0.05, 0.1) is 0 Å². The molecule has 1 rings (SSSR count). The first-order valence-corrected chi connectivity index (χ1v) is 6.30. The fraction of sp³-hybridized carbons (Fsp3) is 0.917. The van der Waals surface area contributed by atoms with Crippen LogP contribution < -0.4 is 10.6 Å². The first-order chi connectivity index (χ1) is 7.33. The Balaban J connectivity index is 0.00000225. The molecule has 1 aliphatic heterocycles. The minimum Gasteiger partial charge on any atom is -0.356 e. The summed E-state index contributed by atoms with van der Waals surface area (Å²) in [5.74, 6) is 0.992. The minimum absolute atomic E-state index is 0. The molecule has 1 atom stereocenters. The third kappa shape index (κ3) is 7.07. The molecule has 96 valence electrons. The summed E-state index contributed by atoms with van der Waals surface area (Å²) in [7, 11) is 0. The topological polar surface area (TPSA) is 41.1 Å². The zero-order valence-corrected chi connectivity index (χ0v) is 11.1. The van der Waals surface area contributed by atoms with Gasteiger partial charge in [-0.15, -0.1) is 12.4 Å².